The predicted octanol–water partition coefficient (Wildman–Crippen LogP) is 5.71. The molecular weight excluding hydrogens is 485 g/mol. The normalized spacial score (nSPS) is 14.3. The number of rotatable bonds is 7. The van der Waals surface area contributed by atoms with Crippen LogP contribution in [0.2, 0.25) is 10.0 Å². The van der Waals surface area contributed by atoms with Crippen LogP contribution in [-0.2, 0) is 20.9 Å². The van der Waals surface area contributed by atoms with Gasteiger partial charge in [-0.15, -0.1) is 0 Å². The van der Waals surface area contributed by atoms with Gasteiger partial charge in [0.2, 0.25) is 5.88 Å². The van der Waals surface area contributed by atoms with Crippen LogP contribution in [0.15, 0.2) is 48.7 Å². The number of pyridine rings is 2. The molecule has 7 nitrogen and oxygen atoms in total. The van der Waals surface area contributed by atoms with Crippen molar-refractivity contribution >= 4 is 39.1 Å². The minimum atomic E-state index is -3.62. The van der Waals surface area contributed by atoms with Gasteiger partial charge in [-0.3, -0.25) is 4.18 Å². The Hall–Kier alpha value is -2.39. The van der Waals surface area contributed by atoms with E-state index in [0.717, 1.165) is 25.2 Å². The lowest BCUT2D eigenvalue weighted by Crippen LogP contribution is -2.29. The third-order valence-corrected chi connectivity index (χ3v) is 6.07. The number of anilines is 1. The average Bonchev–Trinajstić information content (AvgIpc) is 2.78. The van der Waals surface area contributed by atoms with Crippen molar-refractivity contribution in [3.63, 3.8) is 0 Å². The van der Waals surface area contributed by atoms with Gasteiger partial charge >= 0.3 is 0 Å². The standard InChI is InChI=1S/C23H23Cl2N3O4S/c1-33(29,30)31-15-16-9-21(17-11-18(24)13-19(25)12-17)27-23(10-16)32-20-5-6-22(26-14-20)28-7-3-2-4-8-28/h5-6,9-14H,2-4,7-8,15H2,1H3. The van der Waals surface area contributed by atoms with E-state index in [1.807, 2.05) is 12.1 Å². The van der Waals surface area contributed by atoms with E-state index in [1.54, 1.807) is 36.5 Å². The highest BCUT2D eigenvalue weighted by Gasteiger charge is 2.14. The lowest BCUT2D eigenvalue weighted by molar-refractivity contribution is 0.311. The highest BCUT2D eigenvalue weighted by atomic mass is 35.5. The number of benzene rings is 1. The number of piperidine rings is 1. The van der Waals surface area contributed by atoms with Gasteiger partial charge in [-0.2, -0.15) is 8.42 Å². The number of hydrogen-bond donors (Lipinski definition) is 0. The van der Waals surface area contributed by atoms with Crippen molar-refractivity contribution in [2.75, 3.05) is 24.2 Å². The predicted molar refractivity (Wildman–Crippen MR) is 130 cm³/mol. The molecule has 3 aromatic rings. The molecule has 0 saturated carbocycles. The number of nitrogens with zero attached hydrogens (tertiary/aromatic N) is 3. The molecule has 10 heteroatoms. The van der Waals surface area contributed by atoms with Gasteiger partial charge in [0.1, 0.15) is 11.6 Å². The van der Waals surface area contributed by atoms with E-state index >= 15 is 0 Å². The van der Waals surface area contributed by atoms with Gasteiger partial charge in [0.25, 0.3) is 10.1 Å². The van der Waals surface area contributed by atoms with Crippen molar-refractivity contribution in [3.8, 4) is 22.9 Å². The minimum absolute atomic E-state index is 0.162. The van der Waals surface area contributed by atoms with Crippen LogP contribution in [0.5, 0.6) is 11.6 Å². The largest absolute Gasteiger partial charge is 0.437 e. The van der Waals surface area contributed by atoms with Crippen LogP contribution in [-0.4, -0.2) is 37.7 Å². The Labute approximate surface area is 203 Å². The first-order chi connectivity index (χ1) is 15.7. The molecule has 4 rings (SSSR count). The van der Waals surface area contributed by atoms with E-state index in [0.29, 0.717) is 32.6 Å². The fraction of sp³-hybridized carbons (Fsp3) is 0.304. The number of ether oxygens (including phenoxy) is 1. The molecule has 0 aliphatic carbocycles. The first-order valence-electron chi connectivity index (χ1n) is 10.5. The Balaban J connectivity index is 1.61. The summed E-state index contributed by atoms with van der Waals surface area (Å²) < 4.78 is 33.9. The third-order valence-electron chi connectivity index (χ3n) is 5.08. The van der Waals surface area contributed by atoms with Gasteiger partial charge in [0, 0.05) is 34.8 Å². The second kappa shape index (κ2) is 10.3. The van der Waals surface area contributed by atoms with Crippen molar-refractivity contribution in [3.05, 3.63) is 64.3 Å². The molecule has 0 N–H and O–H groups in total. The maximum atomic E-state index is 11.5. The summed E-state index contributed by atoms with van der Waals surface area (Å²) in [5.41, 5.74) is 1.74. The molecule has 0 bridgehead atoms. The molecule has 0 spiro atoms. The zero-order valence-electron chi connectivity index (χ0n) is 18.0. The van der Waals surface area contributed by atoms with Crippen LogP contribution < -0.4 is 9.64 Å². The SMILES string of the molecule is CS(=O)(=O)OCc1cc(Oc2ccc(N3CCCCC3)nc2)nc(-c2cc(Cl)cc(Cl)c2)c1. The summed E-state index contributed by atoms with van der Waals surface area (Å²) in [6.45, 7) is 1.84. The number of aromatic nitrogens is 2. The fourth-order valence-electron chi connectivity index (χ4n) is 3.58. The lowest BCUT2D eigenvalue weighted by Gasteiger charge is -2.27. The zero-order chi connectivity index (χ0) is 23.4. The molecule has 0 amide bonds. The highest BCUT2D eigenvalue weighted by molar-refractivity contribution is 7.85. The van der Waals surface area contributed by atoms with Gasteiger partial charge in [-0.1, -0.05) is 23.2 Å². The molecule has 33 heavy (non-hydrogen) atoms. The van der Waals surface area contributed by atoms with E-state index in [4.69, 9.17) is 32.1 Å². The second-order valence-electron chi connectivity index (χ2n) is 7.83. The van der Waals surface area contributed by atoms with Crippen LogP contribution in [0.4, 0.5) is 5.82 Å². The van der Waals surface area contributed by atoms with E-state index in [1.165, 1.54) is 19.3 Å². The van der Waals surface area contributed by atoms with Crippen molar-refractivity contribution in [1.82, 2.24) is 9.97 Å². The van der Waals surface area contributed by atoms with E-state index in [-0.39, 0.29) is 12.5 Å². The van der Waals surface area contributed by atoms with E-state index < -0.39 is 10.1 Å². The lowest BCUT2D eigenvalue weighted by atomic mass is 10.1. The fourth-order valence-corrected chi connectivity index (χ4v) is 4.46. The average molecular weight is 508 g/mol. The number of halogens is 2. The molecule has 1 aliphatic heterocycles. The van der Waals surface area contributed by atoms with Crippen molar-refractivity contribution in [2.24, 2.45) is 0 Å². The van der Waals surface area contributed by atoms with Crippen molar-refractivity contribution in [1.29, 1.82) is 0 Å². The van der Waals surface area contributed by atoms with Crippen LogP contribution >= 0.6 is 23.2 Å². The van der Waals surface area contributed by atoms with Crippen molar-refractivity contribution < 1.29 is 17.3 Å². The number of hydrogen-bond acceptors (Lipinski definition) is 7. The molecule has 174 valence electrons. The molecule has 1 aromatic carbocycles. The van der Waals surface area contributed by atoms with Gasteiger partial charge in [0.15, 0.2) is 0 Å². The Bertz CT molecular complexity index is 1210. The summed E-state index contributed by atoms with van der Waals surface area (Å²) in [5, 5.41) is 0.911. The molecule has 0 radical (unpaired) electrons. The van der Waals surface area contributed by atoms with Crippen LogP contribution in [0.1, 0.15) is 24.8 Å². The Morgan fingerprint density at radius 1 is 1.00 bits per heavy atom. The first-order valence-corrected chi connectivity index (χ1v) is 13.0. The van der Waals surface area contributed by atoms with Gasteiger partial charge < -0.3 is 9.64 Å². The Kier molecular flexibility index (Phi) is 7.38. The molecule has 0 atom stereocenters. The zero-order valence-corrected chi connectivity index (χ0v) is 20.3. The topological polar surface area (TPSA) is 81.6 Å². The van der Waals surface area contributed by atoms with Crippen LogP contribution in [0, 0.1) is 0 Å². The van der Waals surface area contributed by atoms with E-state index in [9.17, 15) is 8.42 Å². The molecule has 1 saturated heterocycles. The van der Waals surface area contributed by atoms with Gasteiger partial charge in [-0.05, 0) is 61.2 Å². The maximum Gasteiger partial charge on any atom is 0.264 e. The highest BCUT2D eigenvalue weighted by Crippen LogP contribution is 2.30. The smallest absolute Gasteiger partial charge is 0.264 e. The van der Waals surface area contributed by atoms with Gasteiger partial charge in [0.05, 0.1) is 24.8 Å². The monoisotopic (exact) mass is 507 g/mol. The van der Waals surface area contributed by atoms with Crippen molar-refractivity contribution in [2.45, 2.75) is 25.9 Å². The van der Waals surface area contributed by atoms with Crippen LogP contribution in [0.25, 0.3) is 11.3 Å². The maximum absolute atomic E-state index is 11.5. The summed E-state index contributed by atoms with van der Waals surface area (Å²) in [4.78, 5) is 11.3. The minimum Gasteiger partial charge on any atom is -0.437 e. The third kappa shape index (κ3) is 6.80. The molecule has 1 fully saturated rings. The summed E-state index contributed by atoms with van der Waals surface area (Å²) in [6.07, 6.45) is 6.24. The summed E-state index contributed by atoms with van der Waals surface area (Å²) in [7, 11) is -3.62. The molecule has 2 aromatic heterocycles. The molecule has 0 unspecified atom stereocenters. The Morgan fingerprint density at radius 3 is 2.36 bits per heavy atom. The first kappa shape index (κ1) is 23.8. The quantitative estimate of drug-likeness (QED) is 0.378. The molecular formula is C23H23Cl2N3O4S. The van der Waals surface area contributed by atoms with Gasteiger partial charge in [-0.25, -0.2) is 9.97 Å². The summed E-state index contributed by atoms with van der Waals surface area (Å²) in [5.74, 6) is 1.70. The summed E-state index contributed by atoms with van der Waals surface area (Å²) in [6, 6.07) is 12.2. The molecule has 1 aliphatic rings. The Morgan fingerprint density at radius 2 is 1.73 bits per heavy atom. The van der Waals surface area contributed by atoms with E-state index in [2.05, 4.69) is 14.9 Å². The van der Waals surface area contributed by atoms with Crippen LogP contribution in [0.3, 0.4) is 0 Å². The molecule has 3 heterocycles. The second-order valence-corrected chi connectivity index (χ2v) is 10.3. The summed E-state index contributed by atoms with van der Waals surface area (Å²) >= 11 is 12.3.